The first-order chi connectivity index (χ1) is 42.3. The zero-order valence-corrected chi connectivity index (χ0v) is 46.7. The number of carbonyl (C=O) groups excluding carboxylic acids is 8. The van der Waals surface area contributed by atoms with Gasteiger partial charge in [-0.25, -0.2) is 38.4 Å². The van der Waals surface area contributed by atoms with Gasteiger partial charge in [0.15, 0.2) is 43.1 Å². The smallest absolute Gasteiger partial charge is 0.338 e. The van der Waals surface area contributed by atoms with Crippen molar-refractivity contribution in [2.24, 2.45) is 0 Å². The highest BCUT2D eigenvalue weighted by atomic mass is 16.8. The van der Waals surface area contributed by atoms with Crippen LogP contribution in [0.2, 0.25) is 0 Å². The minimum absolute atomic E-state index is 0.00726. The van der Waals surface area contributed by atoms with Crippen LogP contribution in [0.1, 0.15) is 79.4 Å². The van der Waals surface area contributed by atoms with Crippen LogP contribution < -0.4 is 0 Å². The highest BCUT2D eigenvalue weighted by Gasteiger charge is 2.58. The van der Waals surface area contributed by atoms with Crippen molar-refractivity contribution in [3.8, 4) is 0 Å². The molecule has 0 unspecified atom stereocenters. The van der Waals surface area contributed by atoms with E-state index in [4.69, 9.17) is 56.8 Å². The lowest BCUT2D eigenvalue weighted by Gasteiger charge is -2.48. The fourth-order valence-electron chi connectivity index (χ4n) is 9.13. The van der Waals surface area contributed by atoms with Crippen molar-refractivity contribution in [2.45, 2.75) is 68.3 Å². The van der Waals surface area contributed by atoms with E-state index in [2.05, 4.69) is 6.58 Å². The summed E-state index contributed by atoms with van der Waals surface area (Å²) in [6, 6.07) is 54.1. The summed E-state index contributed by atoms with van der Waals surface area (Å²) >= 11 is 0. The van der Waals surface area contributed by atoms with E-state index in [0.717, 1.165) is 0 Å². The number of hydrogen-bond donors (Lipinski definition) is 0. The predicted octanol–water partition coefficient (Wildman–Crippen LogP) is 8.80. The van der Waals surface area contributed by atoms with Gasteiger partial charge < -0.3 is 56.8 Å². The van der Waals surface area contributed by atoms with Crippen LogP contribution in [0.15, 0.2) is 224 Å². The Kier molecular flexibility index (Phi) is 21.3. The third-order valence-corrected chi connectivity index (χ3v) is 13.5. The quantitative estimate of drug-likeness (QED) is 0.0251. The van der Waals surface area contributed by atoms with E-state index in [1.807, 2.05) is 0 Å². The number of hydrogen-bond acceptors (Lipinski definition) is 20. The van der Waals surface area contributed by atoms with E-state index in [0.29, 0.717) is 0 Å². The van der Waals surface area contributed by atoms with E-state index in [9.17, 15) is 38.4 Å². The summed E-state index contributed by atoms with van der Waals surface area (Å²) < 4.78 is 75.2. The first kappa shape index (κ1) is 61.4. The molecule has 7 aromatic carbocycles. The van der Waals surface area contributed by atoms with Crippen molar-refractivity contribution in [3.63, 3.8) is 0 Å². The van der Waals surface area contributed by atoms with Gasteiger partial charge in [0.05, 0.1) is 45.6 Å². The van der Waals surface area contributed by atoms with Crippen LogP contribution in [-0.2, 0) is 61.6 Å². The van der Waals surface area contributed by atoms with Gasteiger partial charge in [0.1, 0.15) is 38.1 Å². The number of rotatable bonds is 23. The Morgan fingerprint density at radius 1 is 0.333 bits per heavy atom. The molecule has 0 saturated carbocycles. The molecule has 0 spiro atoms. The Labute approximate surface area is 499 Å². The van der Waals surface area contributed by atoms with Crippen LogP contribution in [0.4, 0.5) is 0 Å². The molecule has 446 valence electrons. The van der Waals surface area contributed by atoms with E-state index in [-0.39, 0.29) is 44.5 Å². The third kappa shape index (κ3) is 16.4. The highest BCUT2D eigenvalue weighted by Crippen LogP contribution is 2.37. The number of esters is 8. The van der Waals surface area contributed by atoms with E-state index >= 15 is 0 Å². The molecule has 0 aromatic heterocycles. The minimum atomic E-state index is -2.11. The molecule has 2 aliphatic heterocycles. The average molecular weight is 1180 g/mol. The van der Waals surface area contributed by atoms with Crippen molar-refractivity contribution in [1.82, 2.24) is 0 Å². The molecule has 0 amide bonds. The Morgan fingerprint density at radius 3 is 0.954 bits per heavy atom. The van der Waals surface area contributed by atoms with Gasteiger partial charge in [0.25, 0.3) is 0 Å². The standard InChI is InChI=1S/C67H58O20/c1-42(2)58(68)76-38-39-77-66-56(85-64(74)48-34-20-8-21-35-48)55(84-63(73)47-32-18-7-19-33-47)53(51(80-66)41-79-60(70)44-26-12-4-13-27-44)87-67-57(86-65(75)49-36-22-9-23-37-49)54(83-62(72)46-30-16-6-17-31-46)52(82-61(71)45-28-14-5-15-29-45)50(81-67)40-78-59(69)43-24-10-3-11-25-43/h3-37,50-57,66-67H,1,38-41H2,2H3/t50-,51-,52+,53-,54+,55+,56-,57-,66-,67+/m1/s1. The van der Waals surface area contributed by atoms with Gasteiger partial charge in [0.2, 0.25) is 0 Å². The van der Waals surface area contributed by atoms with Gasteiger partial charge in [-0.05, 0) is 91.9 Å². The molecule has 2 saturated heterocycles. The molecule has 20 heteroatoms. The van der Waals surface area contributed by atoms with Gasteiger partial charge >= 0.3 is 47.8 Å². The molecule has 0 N–H and O–H groups in total. The van der Waals surface area contributed by atoms with Gasteiger partial charge in [-0.2, -0.15) is 0 Å². The molecule has 2 aliphatic rings. The summed E-state index contributed by atoms with van der Waals surface area (Å²) in [5.74, 6) is -7.53. The molecular weight excluding hydrogens is 1120 g/mol. The van der Waals surface area contributed by atoms with Crippen molar-refractivity contribution in [2.75, 3.05) is 26.4 Å². The summed E-state index contributed by atoms with van der Waals surface area (Å²) in [6.45, 7) is 2.69. The van der Waals surface area contributed by atoms with Crippen LogP contribution in [0.5, 0.6) is 0 Å². The summed E-state index contributed by atoms with van der Waals surface area (Å²) in [5, 5.41) is 0. The van der Waals surface area contributed by atoms with Crippen molar-refractivity contribution in [1.29, 1.82) is 0 Å². The number of carbonyl (C=O) groups is 8. The number of ether oxygens (including phenoxy) is 12. The van der Waals surface area contributed by atoms with E-state index < -0.39 is 136 Å². The fraction of sp³-hybridized carbons (Fsp3) is 0.224. The minimum Gasteiger partial charge on any atom is -0.460 e. The Bertz CT molecular complexity index is 3460. The van der Waals surface area contributed by atoms with Gasteiger partial charge in [-0.15, -0.1) is 0 Å². The molecule has 0 aliphatic carbocycles. The Balaban J connectivity index is 1.21. The highest BCUT2D eigenvalue weighted by molar-refractivity contribution is 5.93. The van der Waals surface area contributed by atoms with Crippen LogP contribution in [0.3, 0.4) is 0 Å². The lowest BCUT2D eigenvalue weighted by Crippen LogP contribution is -2.67. The van der Waals surface area contributed by atoms with Crippen molar-refractivity contribution in [3.05, 3.63) is 263 Å². The van der Waals surface area contributed by atoms with Crippen molar-refractivity contribution < 1.29 is 95.2 Å². The summed E-state index contributed by atoms with van der Waals surface area (Å²) in [7, 11) is 0. The van der Waals surface area contributed by atoms with Crippen molar-refractivity contribution >= 4 is 47.8 Å². The monoisotopic (exact) mass is 1180 g/mol. The summed E-state index contributed by atoms with van der Waals surface area (Å²) in [6.07, 6.45) is -18.8. The van der Waals surface area contributed by atoms with Crippen LogP contribution in [0, 0.1) is 0 Å². The molecule has 7 aromatic rings. The van der Waals surface area contributed by atoms with E-state index in [1.165, 1.54) is 91.9 Å². The maximum absolute atomic E-state index is 14.7. The topological polar surface area (TPSA) is 247 Å². The Hall–Kier alpha value is -10.1. The fourth-order valence-corrected chi connectivity index (χ4v) is 9.13. The molecular formula is C67H58O20. The molecule has 10 atom stereocenters. The molecule has 9 rings (SSSR count). The lowest BCUT2D eigenvalue weighted by atomic mass is 9.95. The normalized spacial score (nSPS) is 21.3. The molecule has 87 heavy (non-hydrogen) atoms. The van der Waals surface area contributed by atoms with Crippen LogP contribution in [-0.4, -0.2) is 136 Å². The van der Waals surface area contributed by atoms with Gasteiger partial charge in [-0.3, -0.25) is 0 Å². The second-order valence-corrected chi connectivity index (χ2v) is 19.6. The van der Waals surface area contributed by atoms with Gasteiger partial charge in [-0.1, -0.05) is 134 Å². The molecule has 20 nitrogen and oxygen atoms in total. The van der Waals surface area contributed by atoms with Crippen LogP contribution >= 0.6 is 0 Å². The zero-order valence-electron chi connectivity index (χ0n) is 46.7. The first-order valence-electron chi connectivity index (χ1n) is 27.5. The molecule has 0 bridgehead atoms. The maximum atomic E-state index is 14.7. The molecule has 2 fully saturated rings. The van der Waals surface area contributed by atoms with E-state index in [1.54, 1.807) is 127 Å². The summed E-state index contributed by atoms with van der Waals surface area (Å²) in [4.78, 5) is 113. The second kappa shape index (κ2) is 30.1. The van der Waals surface area contributed by atoms with Crippen LogP contribution in [0.25, 0.3) is 0 Å². The zero-order chi connectivity index (χ0) is 61.1. The lowest BCUT2D eigenvalue weighted by molar-refractivity contribution is -0.356. The Morgan fingerprint density at radius 2 is 0.609 bits per heavy atom. The average Bonchev–Trinajstić information content (AvgIpc) is 1.10. The first-order valence-corrected chi connectivity index (χ1v) is 27.5. The number of benzene rings is 7. The second-order valence-electron chi connectivity index (χ2n) is 19.6. The molecule has 2 heterocycles. The SMILES string of the molecule is C=C(C)C(=O)OCCO[C@@H]1O[C@H](COC(=O)c2ccccc2)[C@@H](O[C@@H]2O[C@H](COC(=O)c3ccccc3)[C@H](OC(=O)c3ccccc3)[C@H](OC(=O)c3ccccc3)[C@H]2OC(=O)c2ccccc2)[C@H](OC(=O)c2ccccc2)[C@H]1OC(=O)c1ccccc1. The maximum Gasteiger partial charge on any atom is 0.338 e. The summed E-state index contributed by atoms with van der Waals surface area (Å²) in [5.41, 5.74) is 0.306. The molecule has 0 radical (unpaired) electrons. The predicted molar refractivity (Wildman–Crippen MR) is 306 cm³/mol. The third-order valence-electron chi connectivity index (χ3n) is 13.5. The van der Waals surface area contributed by atoms with Gasteiger partial charge in [0, 0.05) is 5.57 Å². The largest absolute Gasteiger partial charge is 0.460 e.